The van der Waals surface area contributed by atoms with Crippen LogP contribution in [0.25, 0.3) is 22.3 Å². The van der Waals surface area contributed by atoms with Crippen LogP contribution in [0.3, 0.4) is 0 Å². The van der Waals surface area contributed by atoms with Gasteiger partial charge in [-0.1, -0.05) is 271 Å². The molecule has 0 aromatic heterocycles. The first-order chi connectivity index (χ1) is 32.9. The van der Waals surface area contributed by atoms with E-state index in [-0.39, 0.29) is 0 Å². The van der Waals surface area contributed by atoms with Gasteiger partial charge in [0.1, 0.15) is 0 Å². The minimum atomic E-state index is 0.940. The zero-order valence-electron chi connectivity index (χ0n) is 50.7. The van der Waals surface area contributed by atoms with Crippen molar-refractivity contribution in [3.63, 3.8) is 0 Å². The van der Waals surface area contributed by atoms with Crippen molar-refractivity contribution >= 4 is 11.4 Å². The highest BCUT2D eigenvalue weighted by atomic mass is 15.2. The van der Waals surface area contributed by atoms with E-state index >= 15 is 0 Å². The second kappa shape index (κ2) is 75.5. The summed E-state index contributed by atoms with van der Waals surface area (Å²) in [5.41, 5.74) is 11.4. The number of benzene rings is 3. The highest BCUT2D eigenvalue weighted by Crippen LogP contribution is 2.32. The first-order valence-corrected chi connectivity index (χ1v) is 27.0. The van der Waals surface area contributed by atoms with E-state index in [1.54, 1.807) is 0 Å². The third-order valence-corrected chi connectivity index (χ3v) is 7.17. The van der Waals surface area contributed by atoms with Gasteiger partial charge in [0.05, 0.1) is 0 Å². The molecule has 2 nitrogen and oxygen atoms in total. The molecular formula is C65H118N2. The van der Waals surface area contributed by atoms with Crippen molar-refractivity contribution in [2.24, 2.45) is 0 Å². The molecule has 0 spiro atoms. The minimum Gasteiger partial charge on any atom is -0.319 e. The Morgan fingerprint density at radius 1 is 0.418 bits per heavy atom. The van der Waals surface area contributed by atoms with Crippen molar-refractivity contribution in [2.75, 3.05) is 9.80 Å². The summed E-state index contributed by atoms with van der Waals surface area (Å²) in [6.07, 6.45) is 21.5. The quantitative estimate of drug-likeness (QED) is 0.158. The van der Waals surface area contributed by atoms with Crippen LogP contribution in [-0.4, -0.2) is 0 Å². The summed E-state index contributed by atoms with van der Waals surface area (Å²) in [4.78, 5) is 4.49. The van der Waals surface area contributed by atoms with Gasteiger partial charge in [-0.15, -0.1) is 0 Å². The summed E-state index contributed by atoms with van der Waals surface area (Å²) >= 11 is 0. The zero-order chi connectivity index (χ0) is 55.2. The lowest BCUT2D eigenvalue weighted by molar-refractivity contribution is 1.06. The molecule has 3 aromatic rings. The molecule has 0 bridgehead atoms. The maximum absolute atomic E-state index is 4.07. The number of hydrogen-bond donors (Lipinski definition) is 0. The van der Waals surface area contributed by atoms with Gasteiger partial charge in [-0.2, -0.15) is 0 Å². The van der Waals surface area contributed by atoms with E-state index in [9.17, 15) is 0 Å². The molecule has 2 heteroatoms. The molecule has 0 heterocycles. The van der Waals surface area contributed by atoms with Crippen LogP contribution < -0.4 is 9.80 Å². The summed E-state index contributed by atoms with van der Waals surface area (Å²) in [7, 11) is 0. The number of anilines is 2. The molecule has 0 unspecified atom stereocenters. The van der Waals surface area contributed by atoms with Crippen molar-refractivity contribution < 1.29 is 0 Å². The Balaban J connectivity index is -0.000000147. The third-order valence-electron chi connectivity index (χ3n) is 7.17. The number of rotatable bonds is 13. The summed E-state index contributed by atoms with van der Waals surface area (Å²) in [5.74, 6) is 0. The van der Waals surface area contributed by atoms with E-state index < -0.39 is 0 Å². The largest absolute Gasteiger partial charge is 0.319 e. The fraction of sp³-hybridized carbons (Fsp3) is 0.477. The maximum atomic E-state index is 4.07. The lowest BCUT2D eigenvalue weighted by atomic mass is 9.99. The number of hydrogen-bond acceptors (Lipinski definition) is 2. The highest BCUT2D eigenvalue weighted by Gasteiger charge is 2.14. The first-order valence-electron chi connectivity index (χ1n) is 27.0. The van der Waals surface area contributed by atoms with Gasteiger partial charge in [-0.25, -0.2) is 0 Å². The van der Waals surface area contributed by atoms with E-state index in [2.05, 4.69) is 160 Å². The fourth-order valence-corrected chi connectivity index (χ4v) is 5.09. The lowest BCUT2D eigenvalue weighted by Gasteiger charge is -2.27. The minimum absolute atomic E-state index is 0.940. The standard InChI is InChI=1S/C41H46N2.12C2H6/c1-9-15-19-33(8)42(32(7)16-10-2)40-28-24-36(25-29-40)34-20-22-35(23-21-34)37-26-30-41(31-27-37)43(38(13-5)17-11-3)39(14-6)18-12-4;12*1-2/h9-10,12-31H,2,5,11H2,1,3-4,6-8H3;12*1-2H3/b15-9-,18-12-,32-16+,33-19+,38-17+,39-14+;;;;;;;;;;;;. The fourth-order valence-electron chi connectivity index (χ4n) is 5.09. The van der Waals surface area contributed by atoms with Crippen molar-refractivity contribution in [3.05, 3.63) is 170 Å². The predicted octanol–water partition coefficient (Wildman–Crippen LogP) is 24.5. The lowest BCUT2D eigenvalue weighted by Crippen LogP contribution is -2.19. The van der Waals surface area contributed by atoms with Crippen molar-refractivity contribution in [1.82, 2.24) is 0 Å². The molecule has 0 aliphatic carbocycles. The Hall–Kier alpha value is -4.82. The molecule has 0 fully saturated rings. The molecule has 0 amide bonds. The summed E-state index contributed by atoms with van der Waals surface area (Å²) in [5, 5.41) is 0. The summed E-state index contributed by atoms with van der Waals surface area (Å²) in [6, 6.07) is 26.3. The van der Waals surface area contributed by atoms with Gasteiger partial charge >= 0.3 is 0 Å². The molecular weight excluding hydrogens is 809 g/mol. The molecule has 388 valence electrons. The molecule has 67 heavy (non-hydrogen) atoms. The second-order valence-corrected chi connectivity index (χ2v) is 10.2. The SMILES string of the molecule is C=C/C=C(\C)N(/C(C)=C/C=C\C)c1ccc(-c2ccc(-c3ccc(N(/C(C=C)=C/CC)C(/C=C\C)=C/C)cc3)cc2)cc1.CC.CC.CC.CC.CC.CC.CC.CC.CC.CC.CC.CC. The molecule has 0 atom stereocenters. The van der Waals surface area contributed by atoms with Crippen LogP contribution in [0.1, 0.15) is 214 Å². The third kappa shape index (κ3) is 38.9. The predicted molar refractivity (Wildman–Crippen MR) is 328 cm³/mol. The Morgan fingerprint density at radius 3 is 0.970 bits per heavy atom. The van der Waals surface area contributed by atoms with Crippen LogP contribution in [0.2, 0.25) is 0 Å². The van der Waals surface area contributed by atoms with E-state index in [1.165, 1.54) is 22.3 Å². The normalized spacial score (nSPS) is 9.46. The van der Waals surface area contributed by atoms with E-state index in [4.69, 9.17) is 0 Å². The molecule has 0 saturated carbocycles. The van der Waals surface area contributed by atoms with Crippen LogP contribution in [0.15, 0.2) is 170 Å². The second-order valence-electron chi connectivity index (χ2n) is 10.2. The van der Waals surface area contributed by atoms with Gasteiger partial charge in [-0.3, -0.25) is 0 Å². The van der Waals surface area contributed by atoms with Crippen LogP contribution in [0.4, 0.5) is 11.4 Å². The van der Waals surface area contributed by atoms with Gasteiger partial charge < -0.3 is 9.80 Å². The Kier molecular flexibility index (Phi) is 96.3. The Bertz CT molecular complexity index is 1540. The Morgan fingerprint density at radius 2 is 0.716 bits per heavy atom. The topological polar surface area (TPSA) is 6.48 Å². The van der Waals surface area contributed by atoms with E-state index in [0.717, 1.165) is 40.6 Å². The monoisotopic (exact) mass is 927 g/mol. The smallest absolute Gasteiger partial charge is 0.0461 e. The molecule has 0 saturated heterocycles. The van der Waals surface area contributed by atoms with Crippen molar-refractivity contribution in [3.8, 4) is 22.3 Å². The van der Waals surface area contributed by atoms with Crippen molar-refractivity contribution in [2.45, 2.75) is 214 Å². The molecule has 0 aliphatic rings. The van der Waals surface area contributed by atoms with Gasteiger partial charge in [0.2, 0.25) is 0 Å². The first kappa shape index (κ1) is 85.5. The van der Waals surface area contributed by atoms with Crippen LogP contribution in [0, 0.1) is 0 Å². The molecule has 3 aromatic carbocycles. The van der Waals surface area contributed by atoms with Gasteiger partial charge in [-0.05, 0) is 112 Å². The van der Waals surface area contributed by atoms with Crippen LogP contribution >= 0.6 is 0 Å². The van der Waals surface area contributed by atoms with Crippen LogP contribution in [0.5, 0.6) is 0 Å². The molecule has 0 N–H and O–H groups in total. The zero-order valence-corrected chi connectivity index (χ0v) is 50.7. The molecule has 0 aliphatic heterocycles. The highest BCUT2D eigenvalue weighted by molar-refractivity contribution is 5.74. The Labute approximate surface area is 425 Å². The number of allylic oxidation sites excluding steroid dienone is 12. The van der Waals surface area contributed by atoms with Gasteiger partial charge in [0.15, 0.2) is 0 Å². The van der Waals surface area contributed by atoms with Crippen LogP contribution in [-0.2, 0) is 0 Å². The van der Waals surface area contributed by atoms with Gasteiger partial charge in [0, 0.05) is 34.2 Å². The molecule has 3 rings (SSSR count). The van der Waals surface area contributed by atoms with Gasteiger partial charge in [0.25, 0.3) is 0 Å². The summed E-state index contributed by atoms with van der Waals surface area (Å²) in [6.45, 7) is 68.5. The number of nitrogens with zero attached hydrogens (tertiary/aromatic N) is 2. The van der Waals surface area contributed by atoms with E-state index in [1.807, 2.05) is 204 Å². The summed E-state index contributed by atoms with van der Waals surface area (Å²) < 4.78 is 0. The van der Waals surface area contributed by atoms with E-state index in [0.29, 0.717) is 0 Å². The van der Waals surface area contributed by atoms with Crippen molar-refractivity contribution in [1.29, 1.82) is 0 Å². The average Bonchev–Trinajstić information content (AvgIpc) is 3.44. The molecule has 0 radical (unpaired) electrons. The maximum Gasteiger partial charge on any atom is 0.0461 e. The average molecular weight is 928 g/mol.